The molecule has 3 aromatic rings. The summed E-state index contributed by atoms with van der Waals surface area (Å²) in [5.41, 5.74) is 1.79. The Kier molecular flexibility index (Phi) is 4.98. The smallest absolute Gasteiger partial charge is 0.416 e. The fourth-order valence-electron chi connectivity index (χ4n) is 3.96. The number of aromatic amines is 1. The van der Waals surface area contributed by atoms with Gasteiger partial charge in [-0.05, 0) is 66.8 Å². The van der Waals surface area contributed by atoms with E-state index < -0.39 is 11.7 Å². The van der Waals surface area contributed by atoms with Crippen LogP contribution in [0.1, 0.15) is 40.2 Å². The number of hydrogen-bond acceptors (Lipinski definition) is 2. The molecule has 0 aliphatic carbocycles. The zero-order valence-electron chi connectivity index (χ0n) is 15.9. The number of rotatable bonds is 3. The SMILES string of the molecule is COc1ccc2[nH]cc(C3CCN(C(=O)c4ccc(C(F)(F)F)cc4)CC3)c2c1. The summed E-state index contributed by atoms with van der Waals surface area (Å²) in [4.78, 5) is 17.7. The minimum Gasteiger partial charge on any atom is -0.497 e. The molecule has 0 radical (unpaired) electrons. The van der Waals surface area contributed by atoms with Crippen LogP contribution >= 0.6 is 0 Å². The summed E-state index contributed by atoms with van der Waals surface area (Å²) < 4.78 is 43.4. The lowest BCUT2D eigenvalue weighted by Crippen LogP contribution is -2.37. The number of nitrogens with one attached hydrogen (secondary N) is 1. The number of hydrogen-bond donors (Lipinski definition) is 1. The standard InChI is InChI=1S/C22H21F3N2O2/c1-29-17-6-7-20-18(12-17)19(13-26-20)14-8-10-27(11-9-14)21(28)15-2-4-16(5-3-15)22(23,24)25/h2-7,12-14,26H,8-11H2,1H3. The lowest BCUT2D eigenvalue weighted by Gasteiger charge is -2.32. The Bertz CT molecular complexity index is 1020. The van der Waals surface area contributed by atoms with Crippen LogP contribution in [0.2, 0.25) is 0 Å². The van der Waals surface area contributed by atoms with Gasteiger partial charge in [-0.25, -0.2) is 0 Å². The van der Waals surface area contributed by atoms with Crippen LogP contribution in [-0.4, -0.2) is 36.0 Å². The van der Waals surface area contributed by atoms with E-state index in [1.54, 1.807) is 12.0 Å². The van der Waals surface area contributed by atoms with E-state index in [4.69, 9.17) is 4.74 Å². The first-order valence-corrected chi connectivity index (χ1v) is 9.48. The van der Waals surface area contributed by atoms with Gasteiger partial charge in [-0.2, -0.15) is 13.2 Å². The highest BCUT2D eigenvalue weighted by Gasteiger charge is 2.31. The van der Waals surface area contributed by atoms with Gasteiger partial charge in [-0.1, -0.05) is 0 Å². The zero-order chi connectivity index (χ0) is 20.6. The minimum atomic E-state index is -4.40. The molecule has 0 spiro atoms. The van der Waals surface area contributed by atoms with Crippen LogP contribution in [0.15, 0.2) is 48.7 Å². The number of carbonyl (C=O) groups excluding carboxylic acids is 1. The quantitative estimate of drug-likeness (QED) is 0.653. The maximum Gasteiger partial charge on any atom is 0.416 e. The van der Waals surface area contributed by atoms with Gasteiger partial charge in [-0.15, -0.1) is 0 Å². The van der Waals surface area contributed by atoms with E-state index in [2.05, 4.69) is 4.98 Å². The normalized spacial score (nSPS) is 15.7. The topological polar surface area (TPSA) is 45.3 Å². The monoisotopic (exact) mass is 402 g/mol. The van der Waals surface area contributed by atoms with Gasteiger partial charge in [0.25, 0.3) is 5.91 Å². The summed E-state index contributed by atoms with van der Waals surface area (Å²) in [5.74, 6) is 0.888. The molecule has 2 heterocycles. The first-order chi connectivity index (χ1) is 13.9. The van der Waals surface area contributed by atoms with Gasteiger partial charge in [0.05, 0.1) is 12.7 Å². The molecule has 7 heteroatoms. The molecule has 1 aliphatic rings. The van der Waals surface area contributed by atoms with Crippen molar-refractivity contribution in [3.05, 3.63) is 65.4 Å². The molecule has 152 valence electrons. The van der Waals surface area contributed by atoms with E-state index in [0.717, 1.165) is 41.6 Å². The number of halogens is 3. The number of aromatic nitrogens is 1. The molecular weight excluding hydrogens is 381 g/mol. The minimum absolute atomic E-state index is 0.224. The van der Waals surface area contributed by atoms with Gasteiger partial charge in [0.1, 0.15) is 5.75 Å². The first kappa shape index (κ1) is 19.4. The molecule has 1 fully saturated rings. The Balaban J connectivity index is 1.45. The van der Waals surface area contributed by atoms with Crippen LogP contribution in [0.4, 0.5) is 13.2 Å². The number of ether oxygens (including phenoxy) is 1. The Morgan fingerprint density at radius 3 is 2.41 bits per heavy atom. The van der Waals surface area contributed by atoms with Crippen LogP contribution in [-0.2, 0) is 6.18 Å². The molecule has 1 saturated heterocycles. The van der Waals surface area contributed by atoms with Crippen LogP contribution < -0.4 is 4.74 Å². The summed E-state index contributed by atoms with van der Waals surface area (Å²) in [7, 11) is 1.64. The number of nitrogens with zero attached hydrogens (tertiary/aromatic N) is 1. The van der Waals surface area contributed by atoms with Crippen LogP contribution in [0, 0.1) is 0 Å². The summed E-state index contributed by atoms with van der Waals surface area (Å²) in [6.45, 7) is 1.14. The van der Waals surface area contributed by atoms with Crippen molar-refractivity contribution in [2.75, 3.05) is 20.2 Å². The number of alkyl halides is 3. The first-order valence-electron chi connectivity index (χ1n) is 9.48. The maximum absolute atomic E-state index is 12.7. The Morgan fingerprint density at radius 2 is 1.79 bits per heavy atom. The second kappa shape index (κ2) is 7.46. The van der Waals surface area contributed by atoms with Crippen molar-refractivity contribution in [1.29, 1.82) is 0 Å². The van der Waals surface area contributed by atoms with E-state index in [-0.39, 0.29) is 11.5 Å². The fourth-order valence-corrected chi connectivity index (χ4v) is 3.96. The van der Waals surface area contributed by atoms with Crippen molar-refractivity contribution in [3.8, 4) is 5.75 Å². The third-order valence-corrected chi connectivity index (χ3v) is 5.60. The third-order valence-electron chi connectivity index (χ3n) is 5.60. The Hall–Kier alpha value is -2.96. The molecule has 4 nitrogen and oxygen atoms in total. The van der Waals surface area contributed by atoms with Crippen LogP contribution in [0.5, 0.6) is 5.75 Å². The molecule has 0 saturated carbocycles. The predicted molar refractivity (Wildman–Crippen MR) is 104 cm³/mol. The number of methoxy groups -OCH3 is 1. The second-order valence-electron chi connectivity index (χ2n) is 7.30. The molecule has 1 amide bonds. The van der Waals surface area contributed by atoms with Crippen molar-refractivity contribution < 1.29 is 22.7 Å². The average molecular weight is 402 g/mol. The zero-order valence-corrected chi connectivity index (χ0v) is 15.9. The largest absolute Gasteiger partial charge is 0.497 e. The van der Waals surface area contributed by atoms with Crippen molar-refractivity contribution in [2.24, 2.45) is 0 Å². The van der Waals surface area contributed by atoms with Crippen LogP contribution in [0.25, 0.3) is 10.9 Å². The highest BCUT2D eigenvalue weighted by atomic mass is 19.4. The number of benzene rings is 2. The highest BCUT2D eigenvalue weighted by Crippen LogP contribution is 2.35. The van der Waals surface area contributed by atoms with Crippen molar-refractivity contribution in [2.45, 2.75) is 24.9 Å². The molecule has 4 rings (SSSR count). The Labute approximate surface area is 166 Å². The average Bonchev–Trinajstić information content (AvgIpc) is 3.16. The van der Waals surface area contributed by atoms with Crippen LogP contribution in [0.3, 0.4) is 0 Å². The lowest BCUT2D eigenvalue weighted by atomic mass is 9.89. The lowest BCUT2D eigenvalue weighted by molar-refractivity contribution is -0.137. The van der Waals surface area contributed by atoms with Gasteiger partial charge in [-0.3, -0.25) is 4.79 Å². The second-order valence-corrected chi connectivity index (χ2v) is 7.30. The Morgan fingerprint density at radius 1 is 1.10 bits per heavy atom. The van der Waals surface area contributed by atoms with Gasteiger partial charge in [0.2, 0.25) is 0 Å². The summed E-state index contributed by atoms with van der Waals surface area (Å²) in [5, 5.41) is 1.12. The van der Waals surface area contributed by atoms with E-state index in [1.807, 2.05) is 24.4 Å². The van der Waals surface area contributed by atoms with Gasteiger partial charge in [0, 0.05) is 35.8 Å². The number of piperidine rings is 1. The van der Waals surface area contributed by atoms with Crippen molar-refractivity contribution >= 4 is 16.8 Å². The van der Waals surface area contributed by atoms with E-state index in [9.17, 15) is 18.0 Å². The van der Waals surface area contributed by atoms with Gasteiger partial charge < -0.3 is 14.6 Å². The summed E-state index contributed by atoms with van der Waals surface area (Å²) >= 11 is 0. The highest BCUT2D eigenvalue weighted by molar-refractivity contribution is 5.94. The molecule has 1 aliphatic heterocycles. The van der Waals surface area contributed by atoms with Gasteiger partial charge in [0.15, 0.2) is 0 Å². The molecule has 0 atom stereocenters. The number of H-pyrrole nitrogens is 1. The van der Waals surface area contributed by atoms with E-state index in [1.165, 1.54) is 17.7 Å². The van der Waals surface area contributed by atoms with E-state index >= 15 is 0 Å². The molecule has 1 aromatic heterocycles. The summed E-state index contributed by atoms with van der Waals surface area (Å²) in [6, 6.07) is 10.3. The molecule has 29 heavy (non-hydrogen) atoms. The molecule has 1 N–H and O–H groups in total. The number of fused-ring (bicyclic) bond motifs is 1. The number of carbonyl (C=O) groups is 1. The number of likely N-dealkylation sites (tertiary alicyclic amines) is 1. The summed E-state index contributed by atoms with van der Waals surface area (Å²) in [6.07, 6.45) is -0.781. The molecule has 0 bridgehead atoms. The third kappa shape index (κ3) is 3.81. The van der Waals surface area contributed by atoms with Gasteiger partial charge >= 0.3 is 6.18 Å². The van der Waals surface area contributed by atoms with Crippen molar-refractivity contribution in [3.63, 3.8) is 0 Å². The molecule has 0 unspecified atom stereocenters. The van der Waals surface area contributed by atoms with E-state index in [0.29, 0.717) is 19.0 Å². The maximum atomic E-state index is 12.7. The molecular formula is C22H21F3N2O2. The number of amides is 1. The predicted octanol–water partition coefficient (Wildman–Crippen LogP) is 5.22. The fraction of sp³-hybridized carbons (Fsp3) is 0.318. The van der Waals surface area contributed by atoms with Crippen molar-refractivity contribution in [1.82, 2.24) is 9.88 Å². The molecule has 2 aromatic carbocycles.